The quantitative estimate of drug-likeness (QED) is 0.549. The van der Waals surface area contributed by atoms with E-state index >= 15 is 0 Å². The molecule has 1 aromatic heterocycles. The first-order chi connectivity index (χ1) is 4.97. The molecule has 0 fully saturated rings. The molecule has 1 aromatic rings. The number of hydrogen-bond donors (Lipinski definition) is 1. The molecule has 0 saturated carbocycles. The summed E-state index contributed by atoms with van der Waals surface area (Å²) in [6.07, 6.45) is 2.76. The third-order valence-electron chi connectivity index (χ3n) is 1.75. The first-order valence-corrected chi connectivity index (χ1v) is 3.47. The molecule has 1 aliphatic rings. The van der Waals surface area contributed by atoms with Gasteiger partial charge < -0.3 is 5.32 Å². The highest BCUT2D eigenvalue weighted by Gasteiger charge is 2.07. The molecule has 1 aliphatic heterocycles. The molecule has 3 nitrogen and oxygen atoms in total. The van der Waals surface area contributed by atoms with Crippen LogP contribution in [0.1, 0.15) is 11.3 Å². The maximum Gasteiger partial charge on any atom is 0.0688 e. The summed E-state index contributed by atoms with van der Waals surface area (Å²) in [5, 5.41) is 11.1. The van der Waals surface area contributed by atoms with Crippen LogP contribution in [0.5, 0.6) is 0 Å². The molecule has 2 heterocycles. The van der Waals surface area contributed by atoms with Crippen molar-refractivity contribution in [2.75, 3.05) is 6.54 Å². The van der Waals surface area contributed by atoms with Crippen LogP contribution in [0.2, 0.25) is 0 Å². The van der Waals surface area contributed by atoms with Crippen LogP contribution in [-0.2, 0) is 13.0 Å². The molecule has 52 valence electrons. The second-order valence-corrected chi connectivity index (χ2v) is 2.43. The lowest BCUT2D eigenvalue weighted by Crippen LogP contribution is -2.24. The SMILES string of the molecule is c1cc2c(nn1)CCNC2. The lowest BCUT2D eigenvalue weighted by Gasteiger charge is -2.13. The summed E-state index contributed by atoms with van der Waals surface area (Å²) in [4.78, 5) is 0. The Morgan fingerprint density at radius 2 is 2.50 bits per heavy atom. The largest absolute Gasteiger partial charge is 0.312 e. The van der Waals surface area contributed by atoms with Gasteiger partial charge >= 0.3 is 0 Å². The number of fused-ring (bicyclic) bond motifs is 1. The van der Waals surface area contributed by atoms with Gasteiger partial charge in [-0.3, -0.25) is 0 Å². The van der Waals surface area contributed by atoms with Crippen molar-refractivity contribution >= 4 is 0 Å². The second-order valence-electron chi connectivity index (χ2n) is 2.43. The molecule has 10 heavy (non-hydrogen) atoms. The van der Waals surface area contributed by atoms with Gasteiger partial charge in [0.25, 0.3) is 0 Å². The van der Waals surface area contributed by atoms with Crippen molar-refractivity contribution in [3.05, 3.63) is 23.5 Å². The molecule has 0 aliphatic carbocycles. The smallest absolute Gasteiger partial charge is 0.0688 e. The highest BCUT2D eigenvalue weighted by atomic mass is 15.1. The third kappa shape index (κ3) is 0.885. The van der Waals surface area contributed by atoms with Gasteiger partial charge in [-0.15, -0.1) is 0 Å². The predicted octanol–water partition coefficient (Wildman–Crippen LogP) is 0.122. The molecule has 2 rings (SSSR count). The van der Waals surface area contributed by atoms with E-state index in [1.165, 1.54) is 5.56 Å². The third-order valence-corrected chi connectivity index (χ3v) is 1.75. The predicted molar refractivity (Wildman–Crippen MR) is 37.4 cm³/mol. The summed E-state index contributed by atoms with van der Waals surface area (Å²) >= 11 is 0. The van der Waals surface area contributed by atoms with Crippen LogP contribution >= 0.6 is 0 Å². The maximum absolute atomic E-state index is 4.03. The Morgan fingerprint density at radius 3 is 3.40 bits per heavy atom. The second kappa shape index (κ2) is 2.34. The number of hydrogen-bond acceptors (Lipinski definition) is 3. The van der Waals surface area contributed by atoms with Gasteiger partial charge in [0.15, 0.2) is 0 Å². The van der Waals surface area contributed by atoms with E-state index in [-0.39, 0.29) is 0 Å². The highest BCUT2D eigenvalue weighted by molar-refractivity contribution is 5.19. The van der Waals surface area contributed by atoms with E-state index in [0.29, 0.717) is 0 Å². The van der Waals surface area contributed by atoms with Crippen LogP contribution in [0.4, 0.5) is 0 Å². The fourth-order valence-electron chi connectivity index (χ4n) is 1.19. The molecule has 0 aromatic carbocycles. The van der Waals surface area contributed by atoms with Crippen LogP contribution < -0.4 is 5.32 Å². The van der Waals surface area contributed by atoms with Gasteiger partial charge in [0.05, 0.1) is 5.69 Å². The lowest BCUT2D eigenvalue weighted by molar-refractivity contribution is 0.620. The molecular formula is C7H9N3. The Hall–Kier alpha value is -0.960. The number of aromatic nitrogens is 2. The summed E-state index contributed by atoms with van der Waals surface area (Å²) in [7, 11) is 0. The van der Waals surface area contributed by atoms with Gasteiger partial charge in [0.2, 0.25) is 0 Å². The molecule has 0 radical (unpaired) electrons. The fraction of sp³-hybridized carbons (Fsp3) is 0.429. The van der Waals surface area contributed by atoms with Crippen molar-refractivity contribution in [3.8, 4) is 0 Å². The fourth-order valence-corrected chi connectivity index (χ4v) is 1.19. The normalized spacial score (nSPS) is 16.4. The van der Waals surface area contributed by atoms with Gasteiger partial charge in [0, 0.05) is 25.7 Å². The van der Waals surface area contributed by atoms with Gasteiger partial charge in [-0.1, -0.05) is 0 Å². The summed E-state index contributed by atoms with van der Waals surface area (Å²) in [5.74, 6) is 0. The molecule has 0 saturated heterocycles. The van der Waals surface area contributed by atoms with Crippen molar-refractivity contribution in [2.24, 2.45) is 0 Å². The van der Waals surface area contributed by atoms with Crippen LogP contribution in [0.15, 0.2) is 12.3 Å². The van der Waals surface area contributed by atoms with Crippen LogP contribution in [0.25, 0.3) is 0 Å². The Kier molecular flexibility index (Phi) is 1.36. The first-order valence-electron chi connectivity index (χ1n) is 3.47. The minimum Gasteiger partial charge on any atom is -0.312 e. The number of rotatable bonds is 0. The molecule has 0 bridgehead atoms. The molecule has 3 heteroatoms. The van der Waals surface area contributed by atoms with Crippen LogP contribution in [0.3, 0.4) is 0 Å². The van der Waals surface area contributed by atoms with E-state index in [9.17, 15) is 0 Å². The minimum atomic E-state index is 0.949. The Balaban J connectivity index is 2.41. The monoisotopic (exact) mass is 135 g/mol. The van der Waals surface area contributed by atoms with E-state index in [1.54, 1.807) is 6.20 Å². The van der Waals surface area contributed by atoms with Crippen LogP contribution in [0, 0.1) is 0 Å². The topological polar surface area (TPSA) is 37.8 Å². The van der Waals surface area contributed by atoms with Gasteiger partial charge in [0.1, 0.15) is 0 Å². The zero-order valence-corrected chi connectivity index (χ0v) is 5.67. The minimum absolute atomic E-state index is 0.949. The standard InChI is InChI=1S/C7H9N3/c1-4-9-10-7-2-3-8-5-6(1)7/h1,4,8H,2-3,5H2. The lowest BCUT2D eigenvalue weighted by atomic mass is 10.1. The van der Waals surface area contributed by atoms with E-state index in [1.807, 2.05) is 6.07 Å². The summed E-state index contributed by atoms with van der Waals surface area (Å²) < 4.78 is 0. The molecular weight excluding hydrogens is 126 g/mol. The van der Waals surface area contributed by atoms with Crippen molar-refractivity contribution in [1.29, 1.82) is 0 Å². The number of nitrogens with one attached hydrogen (secondary N) is 1. The average molecular weight is 135 g/mol. The maximum atomic E-state index is 4.03. The first kappa shape index (κ1) is 5.80. The number of nitrogens with zero attached hydrogens (tertiary/aromatic N) is 2. The highest BCUT2D eigenvalue weighted by Crippen LogP contribution is 2.07. The zero-order chi connectivity index (χ0) is 6.81. The van der Waals surface area contributed by atoms with E-state index < -0.39 is 0 Å². The average Bonchev–Trinajstić information content (AvgIpc) is 2.05. The zero-order valence-electron chi connectivity index (χ0n) is 5.67. The van der Waals surface area contributed by atoms with Gasteiger partial charge in [-0.25, -0.2) is 0 Å². The van der Waals surface area contributed by atoms with E-state index in [4.69, 9.17) is 0 Å². The molecule has 0 unspecified atom stereocenters. The Labute approximate surface area is 59.5 Å². The van der Waals surface area contributed by atoms with Crippen molar-refractivity contribution in [1.82, 2.24) is 15.5 Å². The molecule has 1 N–H and O–H groups in total. The van der Waals surface area contributed by atoms with E-state index in [0.717, 1.165) is 25.2 Å². The summed E-state index contributed by atoms with van der Waals surface area (Å²) in [5.41, 5.74) is 2.45. The Bertz CT molecular complexity index is 209. The molecule has 0 atom stereocenters. The van der Waals surface area contributed by atoms with Crippen molar-refractivity contribution in [3.63, 3.8) is 0 Å². The van der Waals surface area contributed by atoms with Crippen molar-refractivity contribution in [2.45, 2.75) is 13.0 Å². The van der Waals surface area contributed by atoms with Crippen LogP contribution in [-0.4, -0.2) is 16.7 Å². The summed E-state index contributed by atoms with van der Waals surface area (Å²) in [6, 6.07) is 2.02. The Morgan fingerprint density at radius 1 is 1.50 bits per heavy atom. The van der Waals surface area contributed by atoms with Gasteiger partial charge in [-0.05, 0) is 11.6 Å². The van der Waals surface area contributed by atoms with E-state index in [2.05, 4.69) is 15.5 Å². The summed E-state index contributed by atoms with van der Waals surface area (Å²) in [6.45, 7) is 1.98. The van der Waals surface area contributed by atoms with Crippen molar-refractivity contribution < 1.29 is 0 Å². The molecule has 0 amide bonds. The van der Waals surface area contributed by atoms with Gasteiger partial charge in [-0.2, -0.15) is 10.2 Å². The molecule has 0 spiro atoms.